The number of ether oxygens (including phenoxy) is 2. The van der Waals surface area contributed by atoms with E-state index in [0.717, 1.165) is 6.42 Å². The zero-order valence-corrected chi connectivity index (χ0v) is 17.6. The predicted molar refractivity (Wildman–Crippen MR) is 104 cm³/mol. The fourth-order valence-electron chi connectivity index (χ4n) is 2.63. The van der Waals surface area contributed by atoms with Gasteiger partial charge in [0.2, 0.25) is 10.0 Å². The van der Waals surface area contributed by atoms with E-state index in [9.17, 15) is 18.0 Å². The smallest absolute Gasteiger partial charge is 0.338 e. The van der Waals surface area contributed by atoms with Crippen molar-refractivity contribution < 1.29 is 27.5 Å². The van der Waals surface area contributed by atoms with E-state index in [1.807, 2.05) is 20.8 Å². The topological polar surface area (TPSA) is 102 Å². The van der Waals surface area contributed by atoms with Gasteiger partial charge in [0, 0.05) is 18.6 Å². The Morgan fingerprint density at radius 3 is 2.50 bits per heavy atom. The Bertz CT molecular complexity index is 829. The quantitative estimate of drug-likeness (QED) is 0.681. The maximum absolute atomic E-state index is 12.8. The van der Waals surface area contributed by atoms with Crippen molar-refractivity contribution in [3.8, 4) is 0 Å². The number of nitrogens with one attached hydrogen (secondary N) is 1. The summed E-state index contributed by atoms with van der Waals surface area (Å²) in [5.74, 6) is -1.14. The van der Waals surface area contributed by atoms with E-state index in [4.69, 9.17) is 9.47 Å². The zero-order valence-electron chi connectivity index (χ0n) is 16.8. The number of amides is 1. The monoisotopic (exact) mass is 412 g/mol. The third-order valence-corrected chi connectivity index (χ3v) is 6.63. The van der Waals surface area contributed by atoms with Crippen LogP contribution in [0.4, 0.5) is 0 Å². The highest BCUT2D eigenvalue weighted by molar-refractivity contribution is 7.89. The molecule has 1 amide bonds. The summed E-state index contributed by atoms with van der Waals surface area (Å²) in [5.41, 5.74) is 0.295. The Kier molecular flexibility index (Phi) is 7.19. The number of nitrogens with zero attached hydrogens (tertiary/aromatic N) is 1. The van der Waals surface area contributed by atoms with Crippen molar-refractivity contribution in [1.29, 1.82) is 0 Å². The van der Waals surface area contributed by atoms with Crippen LogP contribution in [0.1, 0.15) is 43.1 Å². The molecular formula is C19H28N2O6S. The number of morpholine rings is 1. The van der Waals surface area contributed by atoms with Gasteiger partial charge in [-0.2, -0.15) is 4.31 Å². The van der Waals surface area contributed by atoms with E-state index < -0.39 is 34.0 Å². The van der Waals surface area contributed by atoms with Crippen LogP contribution in [0.2, 0.25) is 0 Å². The molecule has 1 aromatic rings. The maximum atomic E-state index is 12.8. The highest BCUT2D eigenvalue weighted by Crippen LogP contribution is 2.21. The van der Waals surface area contributed by atoms with Crippen molar-refractivity contribution >= 4 is 21.9 Å². The first-order chi connectivity index (χ1) is 13.1. The van der Waals surface area contributed by atoms with Crippen molar-refractivity contribution in [2.45, 2.75) is 44.6 Å². The van der Waals surface area contributed by atoms with Crippen molar-refractivity contribution in [1.82, 2.24) is 9.62 Å². The minimum atomic E-state index is -3.73. The SMILES string of the molecule is CCC(C)(C)NC(=O)COC(=O)c1cc(S(=O)(=O)N2CCOCC2)ccc1C. The Balaban J connectivity index is 2.12. The minimum Gasteiger partial charge on any atom is -0.452 e. The van der Waals surface area contributed by atoms with Gasteiger partial charge in [0.05, 0.1) is 23.7 Å². The molecule has 1 aliphatic heterocycles. The number of hydrogen-bond acceptors (Lipinski definition) is 6. The highest BCUT2D eigenvalue weighted by Gasteiger charge is 2.28. The van der Waals surface area contributed by atoms with Gasteiger partial charge in [-0.3, -0.25) is 4.79 Å². The van der Waals surface area contributed by atoms with Crippen LogP contribution in [-0.2, 0) is 24.3 Å². The minimum absolute atomic E-state index is 0.0171. The van der Waals surface area contributed by atoms with E-state index in [-0.39, 0.29) is 23.5 Å². The summed E-state index contributed by atoms with van der Waals surface area (Å²) in [6.45, 7) is 8.15. The molecule has 0 atom stereocenters. The Labute approximate surface area is 166 Å². The van der Waals surface area contributed by atoms with Crippen LogP contribution in [-0.4, -0.2) is 63.0 Å². The third kappa shape index (κ3) is 5.52. The van der Waals surface area contributed by atoms with Gasteiger partial charge in [-0.1, -0.05) is 13.0 Å². The summed E-state index contributed by atoms with van der Waals surface area (Å²) in [7, 11) is -3.73. The Hall–Kier alpha value is -1.97. The van der Waals surface area contributed by atoms with E-state index in [1.54, 1.807) is 13.0 Å². The van der Waals surface area contributed by atoms with E-state index in [2.05, 4.69) is 5.32 Å². The lowest BCUT2D eigenvalue weighted by Gasteiger charge is -2.26. The van der Waals surface area contributed by atoms with Crippen molar-refractivity contribution in [3.63, 3.8) is 0 Å². The normalized spacial score (nSPS) is 15.9. The summed E-state index contributed by atoms with van der Waals surface area (Å²) in [6, 6.07) is 4.33. The summed E-state index contributed by atoms with van der Waals surface area (Å²) in [5, 5.41) is 2.78. The van der Waals surface area contributed by atoms with Crippen LogP contribution in [0, 0.1) is 6.92 Å². The van der Waals surface area contributed by atoms with Gasteiger partial charge in [0.15, 0.2) is 6.61 Å². The van der Waals surface area contributed by atoms with Crippen LogP contribution in [0.15, 0.2) is 23.1 Å². The van der Waals surface area contributed by atoms with Crippen molar-refractivity contribution in [3.05, 3.63) is 29.3 Å². The molecular weight excluding hydrogens is 384 g/mol. The first kappa shape index (κ1) is 22.3. The van der Waals surface area contributed by atoms with E-state index >= 15 is 0 Å². The second-order valence-corrected chi connectivity index (χ2v) is 9.29. The number of sulfonamides is 1. The van der Waals surface area contributed by atoms with E-state index in [1.165, 1.54) is 16.4 Å². The molecule has 8 nitrogen and oxygen atoms in total. The van der Waals surface area contributed by atoms with Crippen LogP contribution in [0.25, 0.3) is 0 Å². The molecule has 9 heteroatoms. The molecule has 28 heavy (non-hydrogen) atoms. The average molecular weight is 413 g/mol. The highest BCUT2D eigenvalue weighted by atomic mass is 32.2. The molecule has 0 radical (unpaired) electrons. The number of benzene rings is 1. The number of hydrogen-bond donors (Lipinski definition) is 1. The number of aryl methyl sites for hydroxylation is 1. The summed E-state index contributed by atoms with van der Waals surface area (Å²) in [6.07, 6.45) is 0.729. The molecule has 1 fully saturated rings. The summed E-state index contributed by atoms with van der Waals surface area (Å²) >= 11 is 0. The van der Waals surface area contributed by atoms with Gasteiger partial charge in [0.25, 0.3) is 5.91 Å². The maximum Gasteiger partial charge on any atom is 0.338 e. The molecule has 1 saturated heterocycles. The molecule has 0 bridgehead atoms. The number of carbonyl (C=O) groups is 2. The van der Waals surface area contributed by atoms with Gasteiger partial charge in [-0.25, -0.2) is 13.2 Å². The molecule has 1 aromatic carbocycles. The molecule has 0 unspecified atom stereocenters. The number of esters is 1. The van der Waals surface area contributed by atoms with Crippen LogP contribution >= 0.6 is 0 Å². The zero-order chi connectivity index (χ0) is 20.9. The predicted octanol–water partition coefficient (Wildman–Crippen LogP) is 1.48. The van der Waals surface area contributed by atoms with Gasteiger partial charge in [0.1, 0.15) is 0 Å². The standard InChI is InChI=1S/C19H28N2O6S/c1-5-19(3,4)20-17(22)13-27-18(23)16-12-15(7-6-14(16)2)28(24,25)21-8-10-26-11-9-21/h6-7,12H,5,8-11,13H2,1-4H3,(H,20,22). The Morgan fingerprint density at radius 1 is 1.25 bits per heavy atom. The number of carbonyl (C=O) groups excluding carboxylic acids is 2. The molecule has 1 aliphatic rings. The largest absolute Gasteiger partial charge is 0.452 e. The first-order valence-corrected chi connectivity index (χ1v) is 10.7. The Morgan fingerprint density at radius 2 is 1.89 bits per heavy atom. The van der Waals surface area contributed by atoms with Gasteiger partial charge in [-0.15, -0.1) is 0 Å². The van der Waals surface area contributed by atoms with Crippen LogP contribution in [0.5, 0.6) is 0 Å². The van der Waals surface area contributed by atoms with Crippen LogP contribution < -0.4 is 5.32 Å². The first-order valence-electron chi connectivity index (χ1n) is 9.23. The molecule has 1 heterocycles. The number of rotatable bonds is 7. The van der Waals surface area contributed by atoms with Gasteiger partial charge >= 0.3 is 5.97 Å². The molecule has 0 saturated carbocycles. The third-order valence-electron chi connectivity index (χ3n) is 4.73. The molecule has 0 spiro atoms. The second-order valence-electron chi connectivity index (χ2n) is 7.35. The van der Waals surface area contributed by atoms with E-state index in [0.29, 0.717) is 18.8 Å². The lowest BCUT2D eigenvalue weighted by atomic mass is 10.0. The van der Waals surface area contributed by atoms with Crippen LogP contribution in [0.3, 0.4) is 0 Å². The van der Waals surface area contributed by atoms with Crippen molar-refractivity contribution in [2.24, 2.45) is 0 Å². The fourth-order valence-corrected chi connectivity index (χ4v) is 4.06. The average Bonchev–Trinajstić information content (AvgIpc) is 2.66. The van der Waals surface area contributed by atoms with Gasteiger partial charge < -0.3 is 14.8 Å². The molecule has 1 N–H and O–H groups in total. The molecule has 2 rings (SSSR count). The summed E-state index contributed by atoms with van der Waals surface area (Å²) < 4.78 is 37.2. The summed E-state index contributed by atoms with van der Waals surface area (Å²) in [4.78, 5) is 24.4. The molecule has 0 aromatic heterocycles. The lowest BCUT2D eigenvalue weighted by molar-refractivity contribution is -0.125. The fraction of sp³-hybridized carbons (Fsp3) is 0.579. The lowest BCUT2D eigenvalue weighted by Crippen LogP contribution is -2.44. The van der Waals surface area contributed by atoms with Gasteiger partial charge in [-0.05, 0) is 44.9 Å². The molecule has 0 aliphatic carbocycles. The van der Waals surface area contributed by atoms with Crippen molar-refractivity contribution in [2.75, 3.05) is 32.9 Å². The second kappa shape index (κ2) is 9.02. The molecule has 156 valence electrons.